The quantitative estimate of drug-likeness (QED) is 0.775. The molecule has 3 N–H and O–H groups in total. The minimum Gasteiger partial charge on any atom is -0.381 e. The van der Waals surface area contributed by atoms with Crippen LogP contribution in [0.5, 0.6) is 0 Å². The van der Waals surface area contributed by atoms with E-state index in [0.29, 0.717) is 5.92 Å². The molecule has 1 saturated heterocycles. The molecule has 98 valence electrons. The van der Waals surface area contributed by atoms with E-state index in [1.54, 1.807) is 0 Å². The Labute approximate surface area is 103 Å². The summed E-state index contributed by atoms with van der Waals surface area (Å²) in [5.74, 6) is 0.846. The number of carbonyl (C=O) groups excluding carboxylic acids is 1. The zero-order chi connectivity index (χ0) is 12.1. The Balaban J connectivity index is 1.69. The lowest BCUT2D eigenvalue weighted by Gasteiger charge is -2.27. The van der Waals surface area contributed by atoms with Gasteiger partial charge >= 0.3 is 0 Å². The van der Waals surface area contributed by atoms with E-state index in [-0.39, 0.29) is 17.9 Å². The van der Waals surface area contributed by atoms with E-state index in [0.717, 1.165) is 51.9 Å². The zero-order valence-corrected chi connectivity index (χ0v) is 10.5. The van der Waals surface area contributed by atoms with Gasteiger partial charge in [0.2, 0.25) is 5.91 Å². The van der Waals surface area contributed by atoms with Crippen LogP contribution in [0.3, 0.4) is 0 Å². The number of amides is 1. The van der Waals surface area contributed by atoms with Gasteiger partial charge in [-0.2, -0.15) is 0 Å². The van der Waals surface area contributed by atoms with Crippen molar-refractivity contribution in [2.45, 2.75) is 44.6 Å². The molecule has 0 aromatic rings. The highest BCUT2D eigenvalue weighted by molar-refractivity contribution is 5.78. The number of rotatable bonds is 3. The maximum absolute atomic E-state index is 12.0. The normalized spacial score (nSPS) is 34.3. The van der Waals surface area contributed by atoms with Gasteiger partial charge in [-0.05, 0) is 38.0 Å². The van der Waals surface area contributed by atoms with Crippen LogP contribution in [-0.4, -0.2) is 31.7 Å². The van der Waals surface area contributed by atoms with E-state index in [9.17, 15) is 4.79 Å². The maximum Gasteiger partial charge on any atom is 0.223 e. The highest BCUT2D eigenvalue weighted by Gasteiger charge is 2.25. The third-order valence-electron chi connectivity index (χ3n) is 3.91. The summed E-state index contributed by atoms with van der Waals surface area (Å²) in [4.78, 5) is 12.0. The van der Waals surface area contributed by atoms with Crippen LogP contribution in [0.4, 0.5) is 0 Å². The van der Waals surface area contributed by atoms with Gasteiger partial charge in [0, 0.05) is 25.1 Å². The summed E-state index contributed by atoms with van der Waals surface area (Å²) in [5, 5.41) is 3.07. The van der Waals surface area contributed by atoms with E-state index in [2.05, 4.69) is 5.32 Å². The van der Waals surface area contributed by atoms with Gasteiger partial charge in [0.1, 0.15) is 0 Å². The van der Waals surface area contributed by atoms with Crippen LogP contribution < -0.4 is 11.1 Å². The monoisotopic (exact) mass is 240 g/mol. The minimum atomic E-state index is 0.142. The molecule has 1 aliphatic carbocycles. The highest BCUT2D eigenvalue weighted by Crippen LogP contribution is 2.23. The van der Waals surface area contributed by atoms with Gasteiger partial charge in [-0.15, -0.1) is 0 Å². The van der Waals surface area contributed by atoms with Crippen molar-refractivity contribution in [3.8, 4) is 0 Å². The van der Waals surface area contributed by atoms with Gasteiger partial charge in [-0.1, -0.05) is 6.42 Å². The molecule has 0 aromatic carbocycles. The molecule has 4 nitrogen and oxygen atoms in total. The molecule has 4 heteroatoms. The first-order valence-electron chi connectivity index (χ1n) is 6.86. The van der Waals surface area contributed by atoms with Gasteiger partial charge in [0.05, 0.1) is 6.61 Å². The number of ether oxygens (including phenoxy) is 1. The van der Waals surface area contributed by atoms with E-state index < -0.39 is 0 Å². The first-order chi connectivity index (χ1) is 8.25. The zero-order valence-electron chi connectivity index (χ0n) is 10.5. The molecule has 1 saturated carbocycles. The Morgan fingerprint density at radius 1 is 1.29 bits per heavy atom. The third kappa shape index (κ3) is 3.96. The second-order valence-corrected chi connectivity index (χ2v) is 5.45. The van der Waals surface area contributed by atoms with E-state index in [1.165, 1.54) is 6.42 Å². The lowest BCUT2D eigenvalue weighted by molar-refractivity contribution is -0.126. The first-order valence-corrected chi connectivity index (χ1v) is 6.86. The Hall–Kier alpha value is -0.610. The summed E-state index contributed by atoms with van der Waals surface area (Å²) in [6, 6.07) is 0.220. The summed E-state index contributed by atoms with van der Waals surface area (Å²) in [5.41, 5.74) is 5.90. The number of nitrogens with two attached hydrogens (primary N) is 1. The van der Waals surface area contributed by atoms with Gasteiger partial charge in [0.15, 0.2) is 0 Å². The molecule has 2 aliphatic rings. The Morgan fingerprint density at radius 2 is 2.18 bits per heavy atom. The van der Waals surface area contributed by atoms with Crippen molar-refractivity contribution in [2.75, 3.05) is 19.8 Å². The second kappa shape index (κ2) is 6.36. The average molecular weight is 240 g/mol. The summed E-state index contributed by atoms with van der Waals surface area (Å²) in [6.07, 6.45) is 6.30. The lowest BCUT2D eigenvalue weighted by Crippen LogP contribution is -2.40. The number of nitrogens with one attached hydrogen (secondary N) is 1. The summed E-state index contributed by atoms with van der Waals surface area (Å²) in [7, 11) is 0. The molecular weight excluding hydrogens is 216 g/mol. The molecule has 3 atom stereocenters. The Bertz CT molecular complexity index is 252. The SMILES string of the molecule is NC1CCCC(C(=O)NCC2CCCOC2)C1. The van der Waals surface area contributed by atoms with Gasteiger partial charge in [0.25, 0.3) is 0 Å². The van der Waals surface area contributed by atoms with Gasteiger partial charge in [-0.3, -0.25) is 4.79 Å². The van der Waals surface area contributed by atoms with E-state index in [1.807, 2.05) is 0 Å². The second-order valence-electron chi connectivity index (χ2n) is 5.45. The number of hydrogen-bond donors (Lipinski definition) is 2. The van der Waals surface area contributed by atoms with Crippen molar-refractivity contribution in [2.24, 2.45) is 17.6 Å². The topological polar surface area (TPSA) is 64.4 Å². The first kappa shape index (κ1) is 12.8. The fourth-order valence-electron chi connectivity index (χ4n) is 2.82. The molecule has 1 heterocycles. The van der Waals surface area contributed by atoms with Crippen LogP contribution in [0, 0.1) is 11.8 Å². The van der Waals surface area contributed by atoms with Crippen molar-refractivity contribution < 1.29 is 9.53 Å². The predicted molar refractivity (Wildman–Crippen MR) is 66.5 cm³/mol. The van der Waals surface area contributed by atoms with Crippen molar-refractivity contribution in [1.29, 1.82) is 0 Å². The van der Waals surface area contributed by atoms with Crippen LogP contribution in [-0.2, 0) is 9.53 Å². The van der Waals surface area contributed by atoms with Crippen molar-refractivity contribution in [1.82, 2.24) is 5.32 Å². The third-order valence-corrected chi connectivity index (χ3v) is 3.91. The summed E-state index contributed by atoms with van der Waals surface area (Å²) >= 11 is 0. The lowest BCUT2D eigenvalue weighted by atomic mass is 9.85. The molecular formula is C13H24N2O2. The number of hydrogen-bond acceptors (Lipinski definition) is 3. The van der Waals surface area contributed by atoms with Crippen LogP contribution >= 0.6 is 0 Å². The molecule has 1 amide bonds. The van der Waals surface area contributed by atoms with Crippen molar-refractivity contribution >= 4 is 5.91 Å². The minimum absolute atomic E-state index is 0.142. The smallest absolute Gasteiger partial charge is 0.223 e. The van der Waals surface area contributed by atoms with Crippen LogP contribution in [0.2, 0.25) is 0 Å². The van der Waals surface area contributed by atoms with Crippen LogP contribution in [0.1, 0.15) is 38.5 Å². The number of carbonyl (C=O) groups is 1. The predicted octanol–water partition coefficient (Wildman–Crippen LogP) is 1.05. The molecule has 0 aromatic heterocycles. The fraction of sp³-hybridized carbons (Fsp3) is 0.923. The largest absolute Gasteiger partial charge is 0.381 e. The summed E-state index contributed by atoms with van der Waals surface area (Å²) < 4.78 is 5.41. The van der Waals surface area contributed by atoms with Gasteiger partial charge in [-0.25, -0.2) is 0 Å². The fourth-order valence-corrected chi connectivity index (χ4v) is 2.82. The Kier molecular flexibility index (Phi) is 4.80. The molecule has 17 heavy (non-hydrogen) atoms. The molecule has 2 fully saturated rings. The molecule has 0 spiro atoms. The molecule has 3 unspecified atom stereocenters. The van der Waals surface area contributed by atoms with Crippen molar-refractivity contribution in [3.63, 3.8) is 0 Å². The van der Waals surface area contributed by atoms with Gasteiger partial charge < -0.3 is 15.8 Å². The molecule has 0 radical (unpaired) electrons. The maximum atomic E-state index is 12.0. The van der Waals surface area contributed by atoms with Crippen LogP contribution in [0.15, 0.2) is 0 Å². The average Bonchev–Trinajstić information content (AvgIpc) is 2.37. The van der Waals surface area contributed by atoms with Crippen molar-refractivity contribution in [3.05, 3.63) is 0 Å². The van der Waals surface area contributed by atoms with Crippen LogP contribution in [0.25, 0.3) is 0 Å². The Morgan fingerprint density at radius 3 is 2.88 bits per heavy atom. The molecule has 2 rings (SSSR count). The molecule has 1 aliphatic heterocycles. The highest BCUT2D eigenvalue weighted by atomic mass is 16.5. The van der Waals surface area contributed by atoms with E-state index >= 15 is 0 Å². The standard InChI is InChI=1S/C13H24N2O2/c14-12-5-1-4-11(7-12)13(16)15-8-10-3-2-6-17-9-10/h10-12H,1-9,14H2,(H,15,16). The van der Waals surface area contributed by atoms with E-state index in [4.69, 9.17) is 10.5 Å². The summed E-state index contributed by atoms with van der Waals surface area (Å²) in [6.45, 7) is 2.44. The molecule has 0 bridgehead atoms.